The Morgan fingerprint density at radius 1 is 1.33 bits per heavy atom. The van der Waals surface area contributed by atoms with Crippen molar-refractivity contribution >= 4 is 22.8 Å². The number of nitrogens with two attached hydrogens (primary N) is 1. The number of H-pyrrole nitrogens is 1. The summed E-state index contributed by atoms with van der Waals surface area (Å²) in [6.45, 7) is 5.92. The van der Waals surface area contributed by atoms with Crippen LogP contribution in [0.15, 0.2) is 6.20 Å². The lowest BCUT2D eigenvalue weighted by molar-refractivity contribution is 0.850. The van der Waals surface area contributed by atoms with Gasteiger partial charge in [-0.15, -0.1) is 0 Å². The molecule has 0 bridgehead atoms. The van der Waals surface area contributed by atoms with Crippen molar-refractivity contribution < 1.29 is 0 Å². The first kappa shape index (κ1) is 9.70. The van der Waals surface area contributed by atoms with Crippen molar-refractivity contribution in [2.75, 3.05) is 23.7 Å². The van der Waals surface area contributed by atoms with Crippen molar-refractivity contribution in [3.8, 4) is 0 Å². The zero-order valence-corrected chi connectivity index (χ0v) is 8.86. The van der Waals surface area contributed by atoms with Crippen LogP contribution < -0.4 is 10.6 Å². The van der Waals surface area contributed by atoms with Gasteiger partial charge in [0.1, 0.15) is 5.82 Å². The topological polar surface area (TPSA) is 83.7 Å². The van der Waals surface area contributed by atoms with Crippen LogP contribution in [0.1, 0.15) is 13.8 Å². The van der Waals surface area contributed by atoms with Gasteiger partial charge in [0, 0.05) is 13.1 Å². The van der Waals surface area contributed by atoms with Crippen LogP contribution in [-0.2, 0) is 0 Å². The molecule has 3 N–H and O–H groups in total. The number of fused-ring (bicyclic) bond motifs is 1. The van der Waals surface area contributed by atoms with Gasteiger partial charge in [0.15, 0.2) is 5.65 Å². The Balaban J connectivity index is 2.61. The number of hydrogen-bond acceptors (Lipinski definition) is 5. The Kier molecular flexibility index (Phi) is 2.40. The summed E-state index contributed by atoms with van der Waals surface area (Å²) in [5, 5.41) is 7.65. The molecule has 0 amide bonds. The molecule has 2 heterocycles. The summed E-state index contributed by atoms with van der Waals surface area (Å²) in [5.74, 6) is 1.12. The molecule has 0 radical (unpaired) electrons. The molecule has 0 unspecified atom stereocenters. The number of hydrogen-bond donors (Lipinski definition) is 2. The highest BCUT2D eigenvalue weighted by Crippen LogP contribution is 2.22. The molecule has 0 spiro atoms. The maximum absolute atomic E-state index is 5.63. The minimum atomic E-state index is 0.272. The first-order chi connectivity index (χ1) is 7.26. The van der Waals surface area contributed by atoms with E-state index in [1.807, 2.05) is 0 Å². The highest BCUT2D eigenvalue weighted by Gasteiger charge is 2.12. The summed E-state index contributed by atoms with van der Waals surface area (Å²) < 4.78 is 0. The second-order valence-electron chi connectivity index (χ2n) is 3.21. The first-order valence-electron chi connectivity index (χ1n) is 4.97. The van der Waals surface area contributed by atoms with Crippen LogP contribution in [0.25, 0.3) is 11.0 Å². The normalized spacial score (nSPS) is 10.8. The van der Waals surface area contributed by atoms with E-state index in [-0.39, 0.29) is 5.95 Å². The molecule has 2 rings (SSSR count). The minimum absolute atomic E-state index is 0.272. The summed E-state index contributed by atoms with van der Waals surface area (Å²) in [7, 11) is 0. The van der Waals surface area contributed by atoms with Crippen LogP contribution in [-0.4, -0.2) is 33.3 Å². The number of nitrogen functional groups attached to an aromatic ring is 1. The van der Waals surface area contributed by atoms with Crippen LogP contribution in [0.2, 0.25) is 0 Å². The highest BCUT2D eigenvalue weighted by atomic mass is 15.2. The summed E-state index contributed by atoms with van der Waals surface area (Å²) >= 11 is 0. The molecule has 0 aliphatic carbocycles. The van der Waals surface area contributed by atoms with Crippen molar-refractivity contribution in [3.63, 3.8) is 0 Å². The van der Waals surface area contributed by atoms with E-state index in [9.17, 15) is 0 Å². The number of anilines is 2. The second kappa shape index (κ2) is 3.72. The monoisotopic (exact) mass is 206 g/mol. The number of aromatic amines is 1. The largest absolute Gasteiger partial charge is 0.368 e. The molecule has 6 heteroatoms. The lowest BCUT2D eigenvalue weighted by atomic mass is 10.3. The summed E-state index contributed by atoms with van der Waals surface area (Å²) in [5.41, 5.74) is 6.32. The third-order valence-electron chi connectivity index (χ3n) is 2.37. The molecule has 0 saturated carbocycles. The van der Waals surface area contributed by atoms with E-state index < -0.39 is 0 Å². The molecule has 0 atom stereocenters. The number of rotatable bonds is 3. The molecule has 0 aliphatic rings. The number of nitrogens with zero attached hydrogens (tertiary/aromatic N) is 4. The van der Waals surface area contributed by atoms with Gasteiger partial charge in [0.05, 0.1) is 11.6 Å². The van der Waals surface area contributed by atoms with Crippen LogP contribution in [0, 0.1) is 0 Å². The van der Waals surface area contributed by atoms with Crippen LogP contribution in [0.4, 0.5) is 11.8 Å². The predicted molar refractivity (Wildman–Crippen MR) is 59.7 cm³/mol. The fourth-order valence-electron chi connectivity index (χ4n) is 1.60. The smallest absolute Gasteiger partial charge is 0.224 e. The standard InChI is InChI=1S/C9H14N6/c1-3-15(4-2)8-6-5-11-14-7(6)12-9(10)13-8/h5H,3-4H2,1-2H3,(H3,10,11,12,13,14). The van der Waals surface area contributed by atoms with Gasteiger partial charge in [-0.25, -0.2) is 0 Å². The molecular weight excluding hydrogens is 192 g/mol. The van der Waals surface area contributed by atoms with Gasteiger partial charge in [-0.05, 0) is 13.8 Å². The van der Waals surface area contributed by atoms with Crippen molar-refractivity contribution in [3.05, 3.63) is 6.20 Å². The molecule has 0 aliphatic heterocycles. The van der Waals surface area contributed by atoms with Crippen molar-refractivity contribution in [1.82, 2.24) is 20.2 Å². The van der Waals surface area contributed by atoms with Gasteiger partial charge in [0.25, 0.3) is 0 Å². The summed E-state index contributed by atoms with van der Waals surface area (Å²) in [4.78, 5) is 10.4. The van der Waals surface area contributed by atoms with Gasteiger partial charge in [-0.2, -0.15) is 15.1 Å². The van der Waals surface area contributed by atoms with Crippen LogP contribution >= 0.6 is 0 Å². The lowest BCUT2D eigenvalue weighted by Gasteiger charge is -2.20. The molecule has 0 fully saturated rings. The highest BCUT2D eigenvalue weighted by molar-refractivity contribution is 5.87. The molecule has 15 heavy (non-hydrogen) atoms. The van der Waals surface area contributed by atoms with Crippen LogP contribution in [0.3, 0.4) is 0 Å². The fraction of sp³-hybridized carbons (Fsp3) is 0.444. The van der Waals surface area contributed by atoms with Crippen molar-refractivity contribution in [2.45, 2.75) is 13.8 Å². The Morgan fingerprint density at radius 3 is 2.73 bits per heavy atom. The van der Waals surface area contributed by atoms with E-state index in [0.717, 1.165) is 24.3 Å². The molecule has 0 saturated heterocycles. The molecule has 2 aromatic heterocycles. The van der Waals surface area contributed by atoms with E-state index in [1.54, 1.807) is 6.20 Å². The van der Waals surface area contributed by atoms with E-state index in [0.29, 0.717) is 5.65 Å². The second-order valence-corrected chi connectivity index (χ2v) is 3.21. The van der Waals surface area contributed by atoms with E-state index in [2.05, 4.69) is 38.9 Å². The minimum Gasteiger partial charge on any atom is -0.368 e. The summed E-state index contributed by atoms with van der Waals surface area (Å²) in [6.07, 6.45) is 1.72. The van der Waals surface area contributed by atoms with E-state index in [4.69, 9.17) is 5.73 Å². The predicted octanol–water partition coefficient (Wildman–Crippen LogP) is 0.781. The van der Waals surface area contributed by atoms with Gasteiger partial charge < -0.3 is 10.6 Å². The van der Waals surface area contributed by atoms with Crippen LogP contribution in [0.5, 0.6) is 0 Å². The average Bonchev–Trinajstić information content (AvgIpc) is 2.67. The zero-order valence-electron chi connectivity index (χ0n) is 8.86. The molecule has 0 aromatic carbocycles. The molecule has 2 aromatic rings. The average molecular weight is 206 g/mol. The Bertz CT molecular complexity index is 459. The SMILES string of the molecule is CCN(CC)c1nc(N)nc2[nH]ncc12. The van der Waals surface area contributed by atoms with Gasteiger partial charge in [-0.1, -0.05) is 0 Å². The van der Waals surface area contributed by atoms with Gasteiger partial charge >= 0.3 is 0 Å². The fourth-order valence-corrected chi connectivity index (χ4v) is 1.60. The molecular formula is C9H14N6. The van der Waals surface area contributed by atoms with Gasteiger partial charge in [-0.3, -0.25) is 5.10 Å². The third kappa shape index (κ3) is 1.58. The summed E-state index contributed by atoms with van der Waals surface area (Å²) in [6, 6.07) is 0. The van der Waals surface area contributed by atoms with Gasteiger partial charge in [0.2, 0.25) is 5.95 Å². The van der Waals surface area contributed by atoms with Crippen molar-refractivity contribution in [2.24, 2.45) is 0 Å². The first-order valence-corrected chi connectivity index (χ1v) is 4.97. The maximum Gasteiger partial charge on any atom is 0.224 e. The van der Waals surface area contributed by atoms with E-state index >= 15 is 0 Å². The Hall–Kier alpha value is -1.85. The Morgan fingerprint density at radius 2 is 2.07 bits per heavy atom. The molecule has 80 valence electrons. The number of aromatic nitrogens is 4. The lowest BCUT2D eigenvalue weighted by Crippen LogP contribution is -2.23. The van der Waals surface area contributed by atoms with Crippen molar-refractivity contribution in [1.29, 1.82) is 0 Å². The quantitative estimate of drug-likeness (QED) is 0.775. The maximum atomic E-state index is 5.63. The Labute approximate surface area is 87.5 Å². The number of nitrogens with one attached hydrogen (secondary N) is 1. The molecule has 6 nitrogen and oxygen atoms in total. The third-order valence-corrected chi connectivity index (χ3v) is 2.37. The van der Waals surface area contributed by atoms with E-state index in [1.165, 1.54) is 0 Å². The zero-order chi connectivity index (χ0) is 10.8.